The molecule has 2 aromatic rings. The van der Waals surface area contributed by atoms with Gasteiger partial charge in [-0.2, -0.15) is 4.31 Å². The third kappa shape index (κ3) is 2.46. The highest BCUT2D eigenvalue weighted by Gasteiger charge is 2.28. The Labute approximate surface area is 126 Å². The molecule has 1 aliphatic heterocycles. The monoisotopic (exact) mass is 329 g/mol. The Morgan fingerprint density at radius 2 is 2.25 bits per heavy atom. The Balaban J connectivity index is 2.03. The normalized spacial score (nSPS) is 17.4. The number of sulfonamides is 1. The lowest BCUT2D eigenvalue weighted by Gasteiger charge is -2.24. The van der Waals surface area contributed by atoms with Gasteiger partial charge in [-0.1, -0.05) is 11.6 Å². The van der Waals surface area contributed by atoms with Gasteiger partial charge >= 0.3 is 0 Å². The summed E-state index contributed by atoms with van der Waals surface area (Å²) in [6.07, 6.45) is 4.37. The third-order valence-electron chi connectivity index (χ3n) is 3.11. The molecule has 1 aliphatic rings. The molecular weight excluding hydrogens is 318 g/mol. The number of aromatic nitrogens is 2. The van der Waals surface area contributed by atoms with E-state index in [-0.39, 0.29) is 5.28 Å². The van der Waals surface area contributed by atoms with E-state index in [0.29, 0.717) is 22.8 Å². The van der Waals surface area contributed by atoms with Gasteiger partial charge in [0.25, 0.3) is 10.0 Å². The van der Waals surface area contributed by atoms with Crippen LogP contribution in [0.1, 0.15) is 13.3 Å². The molecule has 0 aliphatic carbocycles. The van der Waals surface area contributed by atoms with E-state index in [0.717, 1.165) is 16.7 Å². The maximum atomic E-state index is 12.6. The summed E-state index contributed by atoms with van der Waals surface area (Å²) in [6, 6.07) is 1.57. The Morgan fingerprint density at radius 1 is 1.45 bits per heavy atom. The summed E-state index contributed by atoms with van der Waals surface area (Å²) in [7, 11) is -3.47. The zero-order chi connectivity index (χ0) is 14.3. The standard InChI is InChI=1S/C12H12ClN3O2S2/c1-8-3-2-4-16(7-8)20(17,18)11-5-9-10(19-11)6-14-12(13)15-9/h3,5-6H,2,4,7H2,1H3. The molecule has 0 spiro atoms. The lowest BCUT2D eigenvalue weighted by atomic mass is 10.2. The van der Waals surface area contributed by atoms with Crippen LogP contribution in [0.15, 0.2) is 28.1 Å². The molecule has 0 unspecified atom stereocenters. The van der Waals surface area contributed by atoms with Crippen LogP contribution in [-0.2, 0) is 10.0 Å². The molecule has 0 atom stereocenters. The van der Waals surface area contributed by atoms with Gasteiger partial charge in [-0.3, -0.25) is 0 Å². The van der Waals surface area contributed by atoms with Crippen molar-refractivity contribution in [3.63, 3.8) is 0 Å². The van der Waals surface area contributed by atoms with Crippen molar-refractivity contribution in [2.24, 2.45) is 0 Å². The second-order valence-electron chi connectivity index (χ2n) is 4.63. The minimum atomic E-state index is -3.47. The molecule has 3 heterocycles. The van der Waals surface area contributed by atoms with E-state index < -0.39 is 10.0 Å². The molecule has 0 fully saturated rings. The van der Waals surface area contributed by atoms with Gasteiger partial charge in [0.1, 0.15) is 4.21 Å². The van der Waals surface area contributed by atoms with Crippen LogP contribution in [0, 0.1) is 0 Å². The van der Waals surface area contributed by atoms with Gasteiger partial charge in [-0.05, 0) is 31.0 Å². The van der Waals surface area contributed by atoms with Crippen molar-refractivity contribution in [3.8, 4) is 0 Å². The zero-order valence-corrected chi connectivity index (χ0v) is 13.1. The van der Waals surface area contributed by atoms with Crippen molar-refractivity contribution in [2.45, 2.75) is 17.6 Å². The third-order valence-corrected chi connectivity index (χ3v) is 6.65. The summed E-state index contributed by atoms with van der Waals surface area (Å²) < 4.78 is 27.7. The van der Waals surface area contributed by atoms with Gasteiger partial charge in [0.15, 0.2) is 0 Å². The molecule has 106 valence electrons. The Bertz CT molecular complexity index is 798. The number of halogens is 1. The molecule has 0 radical (unpaired) electrons. The van der Waals surface area contributed by atoms with E-state index >= 15 is 0 Å². The van der Waals surface area contributed by atoms with Gasteiger partial charge in [0.05, 0.1) is 10.2 Å². The largest absolute Gasteiger partial charge is 0.252 e. The molecule has 0 saturated heterocycles. The predicted molar refractivity (Wildman–Crippen MR) is 79.6 cm³/mol. The fourth-order valence-electron chi connectivity index (χ4n) is 2.13. The van der Waals surface area contributed by atoms with E-state index in [4.69, 9.17) is 11.6 Å². The van der Waals surface area contributed by atoms with Crippen molar-refractivity contribution in [3.05, 3.63) is 29.2 Å². The van der Waals surface area contributed by atoms with E-state index in [1.54, 1.807) is 12.3 Å². The first-order valence-corrected chi connectivity index (χ1v) is 8.68. The topological polar surface area (TPSA) is 63.2 Å². The van der Waals surface area contributed by atoms with Crippen LogP contribution in [-0.4, -0.2) is 35.8 Å². The van der Waals surface area contributed by atoms with Crippen LogP contribution < -0.4 is 0 Å². The van der Waals surface area contributed by atoms with Crippen LogP contribution in [0.5, 0.6) is 0 Å². The van der Waals surface area contributed by atoms with Crippen molar-refractivity contribution >= 4 is 43.2 Å². The van der Waals surface area contributed by atoms with Gasteiger partial charge in [0.2, 0.25) is 5.28 Å². The zero-order valence-electron chi connectivity index (χ0n) is 10.7. The molecule has 0 amide bonds. The van der Waals surface area contributed by atoms with E-state index in [1.807, 2.05) is 6.92 Å². The van der Waals surface area contributed by atoms with Crippen LogP contribution >= 0.6 is 22.9 Å². The summed E-state index contributed by atoms with van der Waals surface area (Å²) >= 11 is 6.90. The average Bonchev–Trinajstić information content (AvgIpc) is 2.82. The number of rotatable bonds is 2. The van der Waals surface area contributed by atoms with Gasteiger partial charge in [-0.15, -0.1) is 11.3 Å². The van der Waals surface area contributed by atoms with Gasteiger partial charge < -0.3 is 0 Å². The number of fused-ring (bicyclic) bond motifs is 1. The van der Waals surface area contributed by atoms with Crippen LogP contribution in [0.2, 0.25) is 5.28 Å². The fraction of sp³-hybridized carbons (Fsp3) is 0.333. The summed E-state index contributed by atoms with van der Waals surface area (Å²) in [5.41, 5.74) is 1.64. The number of nitrogens with zero attached hydrogens (tertiary/aromatic N) is 3. The summed E-state index contributed by atoms with van der Waals surface area (Å²) in [5.74, 6) is 0. The molecule has 0 saturated carbocycles. The molecule has 2 aromatic heterocycles. The Kier molecular flexibility index (Phi) is 3.53. The smallest absolute Gasteiger partial charge is 0.225 e. The second kappa shape index (κ2) is 5.07. The highest BCUT2D eigenvalue weighted by Crippen LogP contribution is 2.31. The minimum absolute atomic E-state index is 0.121. The number of hydrogen-bond acceptors (Lipinski definition) is 5. The minimum Gasteiger partial charge on any atom is -0.225 e. The fourth-order valence-corrected chi connectivity index (χ4v) is 5.21. The first-order chi connectivity index (χ1) is 9.46. The Morgan fingerprint density at radius 3 is 3.00 bits per heavy atom. The molecule has 3 rings (SSSR count). The molecular formula is C12H12ClN3O2S2. The molecule has 20 heavy (non-hydrogen) atoms. The van der Waals surface area contributed by atoms with E-state index in [9.17, 15) is 8.42 Å². The highest BCUT2D eigenvalue weighted by molar-refractivity contribution is 7.91. The number of hydrogen-bond donors (Lipinski definition) is 0. The van der Waals surface area contributed by atoms with Crippen LogP contribution in [0.3, 0.4) is 0 Å². The maximum absolute atomic E-state index is 12.6. The van der Waals surface area contributed by atoms with Crippen LogP contribution in [0.25, 0.3) is 10.2 Å². The predicted octanol–water partition coefficient (Wildman–Crippen LogP) is 2.69. The molecule has 0 bridgehead atoms. The van der Waals surface area contributed by atoms with Crippen molar-refractivity contribution in [2.75, 3.05) is 13.1 Å². The average molecular weight is 330 g/mol. The van der Waals surface area contributed by atoms with Gasteiger partial charge in [-0.25, -0.2) is 18.4 Å². The molecule has 0 N–H and O–H groups in total. The lowest BCUT2D eigenvalue weighted by Crippen LogP contribution is -2.34. The summed E-state index contributed by atoms with van der Waals surface area (Å²) in [6.45, 7) is 2.90. The lowest BCUT2D eigenvalue weighted by molar-refractivity contribution is 0.429. The SMILES string of the molecule is CC1=CCCN(S(=O)(=O)c2cc3nc(Cl)ncc3s2)C1. The van der Waals surface area contributed by atoms with E-state index in [2.05, 4.69) is 16.0 Å². The van der Waals surface area contributed by atoms with Crippen molar-refractivity contribution in [1.29, 1.82) is 0 Å². The molecule has 0 aromatic carbocycles. The van der Waals surface area contributed by atoms with Crippen molar-refractivity contribution < 1.29 is 8.42 Å². The summed E-state index contributed by atoms with van der Waals surface area (Å²) in [4.78, 5) is 7.91. The Hall–Kier alpha value is -1.02. The second-order valence-corrected chi connectivity index (χ2v) is 8.22. The number of thiophene rings is 1. The first kappa shape index (κ1) is 13.9. The van der Waals surface area contributed by atoms with Crippen molar-refractivity contribution in [1.82, 2.24) is 14.3 Å². The maximum Gasteiger partial charge on any atom is 0.252 e. The first-order valence-electron chi connectivity index (χ1n) is 6.05. The van der Waals surface area contributed by atoms with Crippen LogP contribution in [0.4, 0.5) is 0 Å². The molecule has 5 nitrogen and oxygen atoms in total. The summed E-state index contributed by atoms with van der Waals surface area (Å²) in [5, 5.41) is 0.121. The van der Waals surface area contributed by atoms with Gasteiger partial charge in [0, 0.05) is 19.3 Å². The van der Waals surface area contributed by atoms with E-state index in [1.165, 1.54) is 15.6 Å². The quantitative estimate of drug-likeness (QED) is 0.627. The molecule has 8 heteroatoms. The highest BCUT2D eigenvalue weighted by atomic mass is 35.5.